The summed E-state index contributed by atoms with van der Waals surface area (Å²) in [6, 6.07) is 13.2. The van der Waals surface area contributed by atoms with Gasteiger partial charge in [0.1, 0.15) is 0 Å². The molecule has 2 aliphatic rings. The Hall–Kier alpha value is -2.47. The summed E-state index contributed by atoms with van der Waals surface area (Å²) in [7, 11) is -3.00. The van der Waals surface area contributed by atoms with Gasteiger partial charge in [-0.1, -0.05) is 19.1 Å². The second kappa shape index (κ2) is 6.26. The fourth-order valence-electron chi connectivity index (χ4n) is 4.54. The Balaban J connectivity index is 1.69. The lowest BCUT2D eigenvalue weighted by Crippen LogP contribution is -2.47. The minimum atomic E-state index is -3.00. The van der Waals surface area contributed by atoms with Crippen LogP contribution in [0.25, 0.3) is 0 Å². The summed E-state index contributed by atoms with van der Waals surface area (Å²) in [6.45, 7) is 7.57. The fraction of sp³-hybridized carbons (Fsp3) is 0.391. The smallest absolute Gasteiger partial charge is 0.241 e. The standard InChI is InChI=1S/C23H25NO4S/c1-15-6-5-7-17(10-15)24-19-9-8-16(11-18(19)22(2,3)21(24)26)20(25)12-23(4)13-29(27,28)14-23/h5-11H,12-14H2,1-4H3. The van der Waals surface area contributed by atoms with Gasteiger partial charge in [0.05, 0.1) is 22.6 Å². The van der Waals surface area contributed by atoms with Crippen LogP contribution in [0, 0.1) is 12.3 Å². The quantitative estimate of drug-likeness (QED) is 0.714. The Kier molecular flexibility index (Phi) is 4.28. The van der Waals surface area contributed by atoms with Crippen LogP contribution < -0.4 is 4.90 Å². The van der Waals surface area contributed by atoms with Crippen molar-refractivity contribution in [2.45, 2.75) is 39.5 Å². The van der Waals surface area contributed by atoms with Gasteiger partial charge in [0.2, 0.25) is 5.91 Å². The van der Waals surface area contributed by atoms with Gasteiger partial charge in [0.15, 0.2) is 15.6 Å². The predicted octanol–water partition coefficient (Wildman–Crippen LogP) is 3.96. The number of hydrogen-bond acceptors (Lipinski definition) is 4. The number of amides is 1. The molecule has 29 heavy (non-hydrogen) atoms. The molecule has 0 radical (unpaired) electrons. The molecule has 1 amide bonds. The van der Waals surface area contributed by atoms with Gasteiger partial charge >= 0.3 is 0 Å². The molecule has 0 aromatic heterocycles. The third kappa shape index (κ3) is 3.29. The maximum Gasteiger partial charge on any atom is 0.241 e. The van der Waals surface area contributed by atoms with Crippen molar-refractivity contribution in [2.24, 2.45) is 5.41 Å². The molecule has 0 unspecified atom stereocenters. The van der Waals surface area contributed by atoms with Crippen molar-refractivity contribution in [3.63, 3.8) is 0 Å². The molecule has 2 aliphatic heterocycles. The molecule has 2 aromatic carbocycles. The lowest BCUT2D eigenvalue weighted by Gasteiger charge is -2.37. The number of benzene rings is 2. The topological polar surface area (TPSA) is 71.5 Å². The SMILES string of the molecule is Cc1cccc(N2C(=O)C(C)(C)c3cc(C(=O)CC4(C)CS(=O)(=O)C4)ccc32)c1. The Morgan fingerprint density at radius 3 is 2.38 bits per heavy atom. The van der Waals surface area contributed by atoms with Gasteiger partial charge in [0, 0.05) is 23.1 Å². The summed E-state index contributed by atoms with van der Waals surface area (Å²) < 4.78 is 23.1. The number of aryl methyl sites for hydroxylation is 1. The minimum Gasteiger partial charge on any atom is -0.294 e. The zero-order valence-corrected chi connectivity index (χ0v) is 18.0. The molecule has 2 heterocycles. The van der Waals surface area contributed by atoms with Gasteiger partial charge in [-0.05, 0) is 62.2 Å². The molecule has 5 nitrogen and oxygen atoms in total. The number of ketones is 1. The molecule has 0 atom stereocenters. The van der Waals surface area contributed by atoms with E-state index in [-0.39, 0.29) is 29.6 Å². The monoisotopic (exact) mass is 411 g/mol. The van der Waals surface area contributed by atoms with Crippen LogP contribution in [0.2, 0.25) is 0 Å². The average molecular weight is 412 g/mol. The number of Topliss-reactive ketones (excluding diaryl/α,β-unsaturated/α-hetero) is 1. The summed E-state index contributed by atoms with van der Waals surface area (Å²) in [6.07, 6.45) is 0.195. The van der Waals surface area contributed by atoms with Crippen LogP contribution >= 0.6 is 0 Å². The molecular weight excluding hydrogens is 386 g/mol. The summed E-state index contributed by atoms with van der Waals surface area (Å²) in [4.78, 5) is 27.8. The molecule has 0 saturated carbocycles. The Morgan fingerprint density at radius 1 is 1.07 bits per heavy atom. The number of anilines is 2. The molecule has 6 heteroatoms. The first kappa shape index (κ1) is 19.8. The normalized spacial score (nSPS) is 20.8. The first-order chi connectivity index (χ1) is 13.4. The van der Waals surface area contributed by atoms with Crippen LogP contribution in [0.15, 0.2) is 42.5 Å². The van der Waals surface area contributed by atoms with Crippen molar-refractivity contribution in [1.29, 1.82) is 0 Å². The molecule has 0 spiro atoms. The highest BCUT2D eigenvalue weighted by Crippen LogP contribution is 2.46. The molecule has 1 fully saturated rings. The molecule has 0 bridgehead atoms. The lowest BCUT2D eigenvalue weighted by atomic mass is 9.83. The van der Waals surface area contributed by atoms with Gasteiger partial charge in [-0.15, -0.1) is 0 Å². The summed E-state index contributed by atoms with van der Waals surface area (Å²) in [5.41, 5.74) is 2.78. The largest absolute Gasteiger partial charge is 0.294 e. The number of carbonyl (C=O) groups excluding carboxylic acids is 2. The second-order valence-corrected chi connectivity index (χ2v) is 11.3. The van der Waals surface area contributed by atoms with Gasteiger partial charge in [-0.2, -0.15) is 0 Å². The molecule has 2 aromatic rings. The summed E-state index contributed by atoms with van der Waals surface area (Å²) in [5, 5.41) is 0. The maximum atomic E-state index is 13.2. The van der Waals surface area contributed by atoms with Crippen molar-refractivity contribution in [3.05, 3.63) is 59.2 Å². The number of rotatable bonds is 4. The van der Waals surface area contributed by atoms with Crippen LogP contribution in [0.4, 0.5) is 11.4 Å². The molecule has 0 N–H and O–H groups in total. The Labute approximate surface area is 171 Å². The second-order valence-electron chi connectivity index (χ2n) is 9.28. The van der Waals surface area contributed by atoms with E-state index in [1.54, 1.807) is 11.0 Å². The van der Waals surface area contributed by atoms with Crippen LogP contribution in [0.3, 0.4) is 0 Å². The number of hydrogen-bond donors (Lipinski definition) is 0. The average Bonchev–Trinajstić information content (AvgIpc) is 2.79. The van der Waals surface area contributed by atoms with Crippen molar-refractivity contribution < 1.29 is 18.0 Å². The van der Waals surface area contributed by atoms with E-state index in [0.29, 0.717) is 5.56 Å². The van der Waals surface area contributed by atoms with Crippen molar-refractivity contribution in [3.8, 4) is 0 Å². The van der Waals surface area contributed by atoms with Crippen LogP contribution in [-0.2, 0) is 20.0 Å². The van der Waals surface area contributed by atoms with Crippen molar-refractivity contribution in [2.75, 3.05) is 16.4 Å². The first-order valence-electron chi connectivity index (χ1n) is 9.71. The molecule has 0 aliphatic carbocycles. The minimum absolute atomic E-state index is 0.0280. The highest BCUT2D eigenvalue weighted by atomic mass is 32.2. The van der Waals surface area contributed by atoms with Gasteiger partial charge in [-0.3, -0.25) is 14.5 Å². The molecule has 4 rings (SSSR count). The Morgan fingerprint density at radius 2 is 1.76 bits per heavy atom. The number of carbonyl (C=O) groups is 2. The van der Waals surface area contributed by atoms with Crippen LogP contribution in [0.1, 0.15) is 48.7 Å². The van der Waals surface area contributed by atoms with E-state index in [1.165, 1.54) is 0 Å². The van der Waals surface area contributed by atoms with Crippen molar-refractivity contribution >= 4 is 32.9 Å². The van der Waals surface area contributed by atoms with Crippen LogP contribution in [-0.4, -0.2) is 31.6 Å². The summed E-state index contributed by atoms with van der Waals surface area (Å²) >= 11 is 0. The van der Waals surface area contributed by atoms with Gasteiger partial charge in [-0.25, -0.2) is 8.42 Å². The lowest BCUT2D eigenvalue weighted by molar-refractivity contribution is -0.121. The molecular formula is C23H25NO4S. The molecule has 1 saturated heterocycles. The van der Waals surface area contributed by atoms with Crippen molar-refractivity contribution in [1.82, 2.24) is 0 Å². The van der Waals surface area contributed by atoms with E-state index in [1.807, 2.05) is 64.1 Å². The highest BCUT2D eigenvalue weighted by molar-refractivity contribution is 7.92. The third-order valence-electron chi connectivity index (χ3n) is 5.95. The van der Waals surface area contributed by atoms with Gasteiger partial charge in [0.25, 0.3) is 0 Å². The maximum absolute atomic E-state index is 13.2. The number of nitrogens with zero attached hydrogens (tertiary/aromatic N) is 1. The summed E-state index contributed by atoms with van der Waals surface area (Å²) in [5.74, 6) is 0.00560. The van der Waals surface area contributed by atoms with Crippen LogP contribution in [0.5, 0.6) is 0 Å². The van der Waals surface area contributed by atoms with E-state index in [9.17, 15) is 18.0 Å². The third-order valence-corrected chi connectivity index (χ3v) is 8.23. The fourth-order valence-corrected chi connectivity index (χ4v) is 6.79. The van der Waals surface area contributed by atoms with E-state index >= 15 is 0 Å². The number of fused-ring (bicyclic) bond motifs is 1. The Bertz CT molecular complexity index is 1140. The van der Waals surface area contributed by atoms with E-state index in [0.717, 1.165) is 22.5 Å². The molecule has 152 valence electrons. The van der Waals surface area contributed by atoms with Gasteiger partial charge < -0.3 is 0 Å². The van der Waals surface area contributed by atoms with E-state index in [2.05, 4.69) is 0 Å². The number of sulfone groups is 1. The first-order valence-corrected chi connectivity index (χ1v) is 11.5. The zero-order valence-electron chi connectivity index (χ0n) is 17.2. The zero-order chi connectivity index (χ0) is 21.2. The highest BCUT2D eigenvalue weighted by Gasteiger charge is 2.47. The van der Waals surface area contributed by atoms with E-state index in [4.69, 9.17) is 0 Å². The van der Waals surface area contributed by atoms with E-state index < -0.39 is 20.7 Å². The predicted molar refractivity (Wildman–Crippen MR) is 114 cm³/mol.